The number of amides is 2. The third-order valence-corrected chi connectivity index (χ3v) is 3.39. The second-order valence-electron chi connectivity index (χ2n) is 6.74. The summed E-state index contributed by atoms with van der Waals surface area (Å²) in [5, 5.41) is 5.76. The molecule has 0 bridgehead atoms. The quantitative estimate of drug-likeness (QED) is 0.907. The molecule has 1 atom stereocenters. The molecule has 2 rings (SSSR count). The van der Waals surface area contributed by atoms with Gasteiger partial charge in [0.1, 0.15) is 5.69 Å². The molecule has 0 radical (unpaired) electrons. The predicted octanol–water partition coefficient (Wildman–Crippen LogP) is 3.10. The van der Waals surface area contributed by atoms with E-state index >= 15 is 0 Å². The van der Waals surface area contributed by atoms with Gasteiger partial charge in [-0.25, -0.2) is 0 Å². The first-order chi connectivity index (χ1) is 11.3. The molecule has 0 saturated heterocycles. The molecule has 24 heavy (non-hydrogen) atoms. The van der Waals surface area contributed by atoms with Crippen molar-refractivity contribution in [2.45, 2.75) is 39.3 Å². The molecule has 2 aromatic rings. The summed E-state index contributed by atoms with van der Waals surface area (Å²) in [6.45, 7) is 7.62. The second kappa shape index (κ2) is 7.25. The number of rotatable bonds is 4. The van der Waals surface area contributed by atoms with Gasteiger partial charge < -0.3 is 10.6 Å². The fourth-order valence-corrected chi connectivity index (χ4v) is 2.20. The van der Waals surface area contributed by atoms with Crippen molar-refractivity contribution in [3.8, 4) is 0 Å². The average molecular weight is 325 g/mol. The minimum absolute atomic E-state index is 0.146. The number of carbonyl (C=O) groups excluding carboxylic acids is 2. The van der Waals surface area contributed by atoms with Gasteiger partial charge in [0.2, 0.25) is 0 Å². The number of hydrogen-bond acceptors (Lipinski definition) is 3. The van der Waals surface area contributed by atoms with Gasteiger partial charge in [0.15, 0.2) is 0 Å². The van der Waals surface area contributed by atoms with Crippen LogP contribution in [0.3, 0.4) is 0 Å². The molecule has 1 unspecified atom stereocenters. The van der Waals surface area contributed by atoms with Crippen LogP contribution in [0.2, 0.25) is 0 Å². The summed E-state index contributed by atoms with van der Waals surface area (Å²) in [5.41, 5.74) is 1.30. The third kappa shape index (κ3) is 4.91. The standard InChI is InChI=1S/C19H23N3O2/c1-13(14-8-6-5-7-9-14)21-18(24)16-12-15(10-11-20-16)17(23)22-19(2,3)4/h5-13H,1-4H3,(H,21,24)(H,22,23). The maximum absolute atomic E-state index is 12.4. The predicted molar refractivity (Wildman–Crippen MR) is 93.8 cm³/mol. The molecule has 0 saturated carbocycles. The highest BCUT2D eigenvalue weighted by atomic mass is 16.2. The van der Waals surface area contributed by atoms with E-state index in [0.717, 1.165) is 5.56 Å². The van der Waals surface area contributed by atoms with Crippen LogP contribution in [-0.4, -0.2) is 22.3 Å². The van der Waals surface area contributed by atoms with Gasteiger partial charge in [-0.05, 0) is 45.4 Å². The van der Waals surface area contributed by atoms with Crippen molar-refractivity contribution < 1.29 is 9.59 Å². The largest absolute Gasteiger partial charge is 0.347 e. The molecule has 0 fully saturated rings. The zero-order valence-electron chi connectivity index (χ0n) is 14.5. The molecule has 0 aliphatic carbocycles. The van der Waals surface area contributed by atoms with E-state index in [2.05, 4.69) is 15.6 Å². The van der Waals surface area contributed by atoms with Crippen molar-refractivity contribution in [1.29, 1.82) is 0 Å². The Balaban J connectivity index is 2.10. The van der Waals surface area contributed by atoms with Gasteiger partial charge in [0.05, 0.1) is 6.04 Å². The molecular weight excluding hydrogens is 302 g/mol. The Bertz CT molecular complexity index is 721. The minimum atomic E-state index is -0.343. The SMILES string of the molecule is CC(NC(=O)c1cc(C(=O)NC(C)(C)C)ccn1)c1ccccc1. The zero-order valence-corrected chi connectivity index (χ0v) is 14.5. The molecule has 1 heterocycles. The number of nitrogens with zero attached hydrogens (tertiary/aromatic N) is 1. The number of carbonyl (C=O) groups is 2. The smallest absolute Gasteiger partial charge is 0.270 e. The van der Waals surface area contributed by atoms with E-state index in [1.54, 1.807) is 6.07 Å². The number of aromatic nitrogens is 1. The van der Waals surface area contributed by atoms with E-state index in [1.807, 2.05) is 58.0 Å². The lowest BCUT2D eigenvalue weighted by Gasteiger charge is -2.20. The lowest BCUT2D eigenvalue weighted by molar-refractivity contribution is 0.0919. The lowest BCUT2D eigenvalue weighted by atomic mass is 10.1. The van der Waals surface area contributed by atoms with Crippen LogP contribution in [0.25, 0.3) is 0 Å². The van der Waals surface area contributed by atoms with Gasteiger partial charge >= 0.3 is 0 Å². The minimum Gasteiger partial charge on any atom is -0.347 e. The van der Waals surface area contributed by atoms with Crippen LogP contribution < -0.4 is 10.6 Å². The molecule has 2 N–H and O–H groups in total. The first kappa shape index (κ1) is 17.7. The Morgan fingerprint density at radius 2 is 1.71 bits per heavy atom. The Labute approximate surface area is 142 Å². The van der Waals surface area contributed by atoms with Gasteiger partial charge in [-0.2, -0.15) is 0 Å². The number of hydrogen-bond donors (Lipinski definition) is 2. The topological polar surface area (TPSA) is 71.1 Å². The maximum atomic E-state index is 12.4. The summed E-state index contributed by atoms with van der Waals surface area (Å²) in [5.74, 6) is -0.535. The van der Waals surface area contributed by atoms with Gasteiger partial charge in [0, 0.05) is 17.3 Å². The highest BCUT2D eigenvalue weighted by Crippen LogP contribution is 2.12. The van der Waals surface area contributed by atoms with E-state index < -0.39 is 0 Å². The molecule has 0 aliphatic heterocycles. The van der Waals surface area contributed by atoms with E-state index in [-0.39, 0.29) is 29.1 Å². The molecule has 5 nitrogen and oxygen atoms in total. The van der Waals surface area contributed by atoms with E-state index in [4.69, 9.17) is 0 Å². The highest BCUT2D eigenvalue weighted by molar-refractivity contribution is 5.98. The van der Waals surface area contributed by atoms with Crippen LogP contribution >= 0.6 is 0 Å². The van der Waals surface area contributed by atoms with Crippen LogP contribution in [0.1, 0.15) is 60.1 Å². The van der Waals surface area contributed by atoms with Crippen LogP contribution in [0.5, 0.6) is 0 Å². The van der Waals surface area contributed by atoms with Crippen LogP contribution in [0, 0.1) is 0 Å². The van der Waals surface area contributed by atoms with Crippen LogP contribution in [0.4, 0.5) is 0 Å². The Kier molecular flexibility index (Phi) is 5.34. The maximum Gasteiger partial charge on any atom is 0.270 e. The summed E-state index contributed by atoms with van der Waals surface area (Å²) >= 11 is 0. The third-order valence-electron chi connectivity index (χ3n) is 3.39. The van der Waals surface area contributed by atoms with Gasteiger partial charge in [0.25, 0.3) is 11.8 Å². The molecule has 1 aromatic heterocycles. The van der Waals surface area contributed by atoms with Crippen LogP contribution in [0.15, 0.2) is 48.7 Å². The van der Waals surface area contributed by atoms with Crippen molar-refractivity contribution in [3.63, 3.8) is 0 Å². The van der Waals surface area contributed by atoms with Gasteiger partial charge in [-0.15, -0.1) is 0 Å². The first-order valence-corrected chi connectivity index (χ1v) is 7.90. The fraction of sp³-hybridized carbons (Fsp3) is 0.316. The first-order valence-electron chi connectivity index (χ1n) is 7.90. The normalized spacial score (nSPS) is 12.3. The summed E-state index contributed by atoms with van der Waals surface area (Å²) in [4.78, 5) is 28.7. The summed E-state index contributed by atoms with van der Waals surface area (Å²) in [6, 6.07) is 12.6. The second-order valence-corrected chi connectivity index (χ2v) is 6.74. The van der Waals surface area contributed by atoms with E-state index in [1.165, 1.54) is 12.3 Å². The average Bonchev–Trinajstić information content (AvgIpc) is 2.54. The number of benzene rings is 1. The fourth-order valence-electron chi connectivity index (χ4n) is 2.20. The molecule has 5 heteroatoms. The molecule has 126 valence electrons. The lowest BCUT2D eigenvalue weighted by Crippen LogP contribution is -2.40. The Morgan fingerprint density at radius 1 is 1.04 bits per heavy atom. The van der Waals surface area contributed by atoms with Crippen molar-refractivity contribution in [2.24, 2.45) is 0 Å². The molecule has 1 aromatic carbocycles. The van der Waals surface area contributed by atoms with Gasteiger partial charge in [-0.3, -0.25) is 14.6 Å². The number of nitrogens with one attached hydrogen (secondary N) is 2. The summed E-state index contributed by atoms with van der Waals surface area (Å²) in [6.07, 6.45) is 1.47. The van der Waals surface area contributed by atoms with Crippen molar-refractivity contribution in [2.75, 3.05) is 0 Å². The highest BCUT2D eigenvalue weighted by Gasteiger charge is 2.18. The monoisotopic (exact) mass is 325 g/mol. The van der Waals surface area contributed by atoms with Gasteiger partial charge in [-0.1, -0.05) is 30.3 Å². The summed E-state index contributed by atoms with van der Waals surface area (Å²) in [7, 11) is 0. The Hall–Kier alpha value is -2.69. The number of pyridine rings is 1. The molecular formula is C19H23N3O2. The van der Waals surface area contributed by atoms with Crippen molar-refractivity contribution in [3.05, 3.63) is 65.5 Å². The molecule has 0 spiro atoms. The van der Waals surface area contributed by atoms with Crippen molar-refractivity contribution >= 4 is 11.8 Å². The zero-order chi connectivity index (χ0) is 17.7. The molecule has 0 aliphatic rings. The molecule has 2 amide bonds. The summed E-state index contributed by atoms with van der Waals surface area (Å²) < 4.78 is 0. The Morgan fingerprint density at radius 3 is 2.33 bits per heavy atom. The van der Waals surface area contributed by atoms with Crippen LogP contribution in [-0.2, 0) is 0 Å². The van der Waals surface area contributed by atoms with E-state index in [9.17, 15) is 9.59 Å². The van der Waals surface area contributed by atoms with Crippen molar-refractivity contribution in [1.82, 2.24) is 15.6 Å². The van der Waals surface area contributed by atoms with E-state index in [0.29, 0.717) is 5.56 Å².